The Labute approximate surface area is 155 Å². The number of fused-ring (bicyclic) bond motifs is 1. The first-order valence-corrected chi connectivity index (χ1v) is 9.17. The second-order valence-electron chi connectivity index (χ2n) is 6.39. The Morgan fingerprint density at radius 1 is 1.31 bits per heavy atom. The first-order valence-electron chi connectivity index (χ1n) is 8.36. The van der Waals surface area contributed by atoms with Gasteiger partial charge in [0.1, 0.15) is 0 Å². The van der Waals surface area contributed by atoms with Crippen LogP contribution in [0.2, 0.25) is 0 Å². The van der Waals surface area contributed by atoms with Crippen molar-refractivity contribution >= 4 is 34.9 Å². The van der Waals surface area contributed by atoms with Gasteiger partial charge < -0.3 is 14.8 Å². The van der Waals surface area contributed by atoms with Crippen molar-refractivity contribution in [2.75, 3.05) is 19.9 Å². The Morgan fingerprint density at radius 2 is 2.08 bits per heavy atom. The maximum absolute atomic E-state index is 12.5. The van der Waals surface area contributed by atoms with Crippen molar-refractivity contribution in [3.05, 3.63) is 28.7 Å². The van der Waals surface area contributed by atoms with Gasteiger partial charge in [-0.1, -0.05) is 19.9 Å². The predicted octanol–water partition coefficient (Wildman–Crippen LogP) is 2.61. The highest BCUT2D eigenvalue weighted by molar-refractivity contribution is 8.18. The van der Waals surface area contributed by atoms with Gasteiger partial charge in [-0.3, -0.25) is 19.3 Å². The van der Waals surface area contributed by atoms with Crippen LogP contribution in [0.1, 0.15) is 25.8 Å². The van der Waals surface area contributed by atoms with E-state index in [4.69, 9.17) is 9.47 Å². The molecule has 2 aliphatic rings. The summed E-state index contributed by atoms with van der Waals surface area (Å²) in [6.07, 6.45) is 2.08. The second kappa shape index (κ2) is 7.82. The molecule has 1 saturated heterocycles. The molecule has 2 aliphatic heterocycles. The Balaban J connectivity index is 1.60. The molecule has 138 valence electrons. The average molecular weight is 376 g/mol. The molecule has 0 radical (unpaired) electrons. The Kier molecular flexibility index (Phi) is 5.51. The number of nitrogens with zero attached hydrogens (tertiary/aromatic N) is 1. The molecule has 0 unspecified atom stereocenters. The lowest BCUT2D eigenvalue weighted by Crippen LogP contribution is -2.37. The van der Waals surface area contributed by atoms with Gasteiger partial charge in [-0.05, 0) is 41.5 Å². The van der Waals surface area contributed by atoms with E-state index in [9.17, 15) is 14.4 Å². The number of hydrogen-bond acceptors (Lipinski definition) is 6. The van der Waals surface area contributed by atoms with E-state index in [1.165, 1.54) is 0 Å². The number of carbonyl (C=O) groups excluding carboxylic acids is 3. The van der Waals surface area contributed by atoms with Gasteiger partial charge in [0.2, 0.25) is 12.7 Å². The van der Waals surface area contributed by atoms with Crippen LogP contribution in [0.5, 0.6) is 11.5 Å². The van der Waals surface area contributed by atoms with Crippen molar-refractivity contribution in [1.82, 2.24) is 10.2 Å². The van der Waals surface area contributed by atoms with Crippen molar-refractivity contribution in [2.24, 2.45) is 5.92 Å². The molecule has 0 aromatic heterocycles. The van der Waals surface area contributed by atoms with Gasteiger partial charge in [0.15, 0.2) is 11.5 Å². The first kappa shape index (κ1) is 18.3. The van der Waals surface area contributed by atoms with Gasteiger partial charge in [-0.15, -0.1) is 0 Å². The van der Waals surface area contributed by atoms with E-state index in [2.05, 4.69) is 5.32 Å². The fraction of sp³-hybridized carbons (Fsp3) is 0.389. The molecule has 2 heterocycles. The van der Waals surface area contributed by atoms with Crippen LogP contribution in [-0.2, 0) is 9.59 Å². The van der Waals surface area contributed by atoms with E-state index >= 15 is 0 Å². The van der Waals surface area contributed by atoms with Crippen molar-refractivity contribution in [3.63, 3.8) is 0 Å². The lowest BCUT2D eigenvalue weighted by atomic mass is 10.1. The Bertz CT molecular complexity index is 775. The fourth-order valence-electron chi connectivity index (χ4n) is 2.60. The molecule has 0 spiro atoms. The average Bonchev–Trinajstić information content (AvgIpc) is 3.13. The lowest BCUT2D eigenvalue weighted by molar-refractivity contribution is -0.124. The van der Waals surface area contributed by atoms with Gasteiger partial charge in [-0.25, -0.2) is 0 Å². The summed E-state index contributed by atoms with van der Waals surface area (Å²) in [5.74, 6) is 1.11. The minimum atomic E-state index is -0.351. The monoisotopic (exact) mass is 376 g/mol. The summed E-state index contributed by atoms with van der Waals surface area (Å²) in [4.78, 5) is 37.7. The van der Waals surface area contributed by atoms with Crippen LogP contribution < -0.4 is 14.8 Å². The minimum Gasteiger partial charge on any atom is -0.454 e. The van der Waals surface area contributed by atoms with E-state index in [1.54, 1.807) is 24.3 Å². The van der Waals surface area contributed by atoms with E-state index in [0.717, 1.165) is 22.2 Å². The second-order valence-corrected chi connectivity index (χ2v) is 7.39. The quantitative estimate of drug-likeness (QED) is 0.768. The highest BCUT2D eigenvalue weighted by Gasteiger charge is 2.34. The molecule has 1 N–H and O–H groups in total. The molecule has 1 aromatic rings. The van der Waals surface area contributed by atoms with Gasteiger partial charge >= 0.3 is 0 Å². The summed E-state index contributed by atoms with van der Waals surface area (Å²) in [7, 11) is 0. The van der Waals surface area contributed by atoms with Crippen molar-refractivity contribution < 1.29 is 23.9 Å². The summed E-state index contributed by atoms with van der Waals surface area (Å²) in [6, 6.07) is 5.33. The number of benzene rings is 1. The molecule has 0 saturated carbocycles. The van der Waals surface area contributed by atoms with Crippen LogP contribution in [0.25, 0.3) is 6.08 Å². The van der Waals surface area contributed by atoms with Crippen LogP contribution in [0.3, 0.4) is 0 Å². The number of rotatable bonds is 6. The zero-order valence-electron chi connectivity index (χ0n) is 14.6. The molecule has 26 heavy (non-hydrogen) atoms. The van der Waals surface area contributed by atoms with Crippen LogP contribution in [0, 0.1) is 5.92 Å². The van der Waals surface area contributed by atoms with Crippen LogP contribution >= 0.6 is 11.8 Å². The number of ether oxygens (including phenoxy) is 2. The number of nitrogens with one attached hydrogen (secondary N) is 1. The van der Waals surface area contributed by atoms with Crippen molar-refractivity contribution in [3.8, 4) is 11.5 Å². The first-order chi connectivity index (χ1) is 12.4. The molecule has 7 nitrogen and oxygen atoms in total. The topological polar surface area (TPSA) is 84.9 Å². The third-order valence-electron chi connectivity index (χ3n) is 3.82. The predicted molar refractivity (Wildman–Crippen MR) is 97.7 cm³/mol. The summed E-state index contributed by atoms with van der Waals surface area (Å²) in [6.45, 7) is 4.50. The van der Waals surface area contributed by atoms with Crippen LogP contribution in [0.4, 0.5) is 4.79 Å². The van der Waals surface area contributed by atoms with E-state index in [0.29, 0.717) is 22.8 Å². The number of imide groups is 1. The molecule has 3 amide bonds. The molecule has 3 rings (SSSR count). The number of amides is 3. The fourth-order valence-corrected chi connectivity index (χ4v) is 3.46. The van der Waals surface area contributed by atoms with E-state index in [-0.39, 0.29) is 42.9 Å². The van der Waals surface area contributed by atoms with E-state index < -0.39 is 0 Å². The SMILES string of the molecule is CC(C)CC(=O)NCCN1C(=O)S/C(=C\c2ccc3c(c2)OCO3)C1=O. The summed E-state index contributed by atoms with van der Waals surface area (Å²) in [5, 5.41) is 2.40. The van der Waals surface area contributed by atoms with Crippen molar-refractivity contribution in [2.45, 2.75) is 20.3 Å². The van der Waals surface area contributed by atoms with Gasteiger partial charge in [0.05, 0.1) is 4.91 Å². The highest BCUT2D eigenvalue weighted by atomic mass is 32.2. The Morgan fingerprint density at radius 3 is 2.85 bits per heavy atom. The molecule has 8 heteroatoms. The number of thioether (sulfide) groups is 1. The molecule has 0 bridgehead atoms. The molecule has 1 fully saturated rings. The van der Waals surface area contributed by atoms with Crippen molar-refractivity contribution in [1.29, 1.82) is 0 Å². The summed E-state index contributed by atoms with van der Waals surface area (Å²) >= 11 is 0.893. The summed E-state index contributed by atoms with van der Waals surface area (Å²) in [5.41, 5.74) is 0.755. The molecule has 0 aliphatic carbocycles. The minimum absolute atomic E-state index is 0.0807. The van der Waals surface area contributed by atoms with Crippen LogP contribution in [-0.4, -0.2) is 41.8 Å². The van der Waals surface area contributed by atoms with Gasteiger partial charge in [-0.2, -0.15) is 0 Å². The normalized spacial score (nSPS) is 17.5. The lowest BCUT2D eigenvalue weighted by Gasteiger charge is -2.13. The molecule has 0 atom stereocenters. The smallest absolute Gasteiger partial charge is 0.293 e. The van der Waals surface area contributed by atoms with Gasteiger partial charge in [0.25, 0.3) is 11.1 Å². The largest absolute Gasteiger partial charge is 0.454 e. The number of carbonyl (C=O) groups is 3. The molecular weight excluding hydrogens is 356 g/mol. The zero-order chi connectivity index (χ0) is 18.7. The van der Waals surface area contributed by atoms with Crippen LogP contribution in [0.15, 0.2) is 23.1 Å². The number of hydrogen-bond donors (Lipinski definition) is 1. The third kappa shape index (κ3) is 4.19. The Hall–Kier alpha value is -2.48. The molecule has 1 aromatic carbocycles. The maximum atomic E-state index is 12.5. The highest BCUT2D eigenvalue weighted by Crippen LogP contribution is 2.36. The van der Waals surface area contributed by atoms with E-state index in [1.807, 2.05) is 13.8 Å². The summed E-state index contributed by atoms with van der Waals surface area (Å²) < 4.78 is 10.6. The standard InChI is InChI=1S/C18H20N2O5S/c1-11(2)7-16(21)19-5-6-20-17(22)15(26-18(20)23)9-12-3-4-13-14(8-12)25-10-24-13/h3-4,8-9,11H,5-7,10H2,1-2H3,(H,19,21)/b15-9-. The zero-order valence-corrected chi connectivity index (χ0v) is 15.4. The third-order valence-corrected chi connectivity index (χ3v) is 4.73. The van der Waals surface area contributed by atoms with Gasteiger partial charge in [0, 0.05) is 19.5 Å². The molecular formula is C18H20N2O5S. The maximum Gasteiger partial charge on any atom is 0.293 e.